The van der Waals surface area contributed by atoms with E-state index in [9.17, 15) is 0 Å². The number of rotatable bonds is 2. The summed E-state index contributed by atoms with van der Waals surface area (Å²) < 4.78 is 9.06. The van der Waals surface area contributed by atoms with Crippen molar-refractivity contribution in [2.24, 2.45) is 0 Å². The average molecular weight is 265 g/mol. The molecule has 4 rings (SSSR count). The van der Waals surface area contributed by atoms with Crippen molar-refractivity contribution in [2.45, 2.75) is 0 Å². The third-order valence-electron chi connectivity index (χ3n) is 3.27. The van der Waals surface area contributed by atoms with Crippen LogP contribution in [0.1, 0.15) is 0 Å². The number of ether oxygens (including phenoxy) is 1. The van der Waals surface area contributed by atoms with Crippen molar-refractivity contribution >= 4 is 11.2 Å². The van der Waals surface area contributed by atoms with Crippen molar-refractivity contribution in [1.29, 1.82) is 0 Å². The second-order valence-electron chi connectivity index (χ2n) is 4.35. The van der Waals surface area contributed by atoms with Gasteiger partial charge in [0.15, 0.2) is 0 Å². The van der Waals surface area contributed by atoms with Crippen molar-refractivity contribution in [3.63, 3.8) is 0 Å². The summed E-state index contributed by atoms with van der Waals surface area (Å²) in [5, 5.41) is 4.35. The molecule has 0 saturated heterocycles. The predicted molar refractivity (Wildman–Crippen MR) is 73.7 cm³/mol. The van der Waals surface area contributed by atoms with E-state index in [-0.39, 0.29) is 0 Å². The van der Waals surface area contributed by atoms with Crippen LogP contribution in [0.5, 0.6) is 5.88 Å². The van der Waals surface area contributed by atoms with Gasteiger partial charge in [-0.1, -0.05) is 6.07 Å². The van der Waals surface area contributed by atoms with Crippen LogP contribution in [0.2, 0.25) is 0 Å². The van der Waals surface area contributed by atoms with Gasteiger partial charge in [0.05, 0.1) is 36.4 Å². The lowest BCUT2D eigenvalue weighted by molar-refractivity contribution is 0.400. The zero-order valence-corrected chi connectivity index (χ0v) is 10.8. The Hall–Kier alpha value is -2.89. The Morgan fingerprint density at radius 1 is 1.05 bits per heavy atom. The van der Waals surface area contributed by atoms with E-state index >= 15 is 0 Å². The molecule has 0 aromatic carbocycles. The molecule has 0 fully saturated rings. The third kappa shape index (κ3) is 1.41. The van der Waals surface area contributed by atoms with Crippen molar-refractivity contribution in [1.82, 2.24) is 24.0 Å². The fourth-order valence-corrected chi connectivity index (χ4v) is 2.37. The Morgan fingerprint density at radius 2 is 2.00 bits per heavy atom. The van der Waals surface area contributed by atoms with Gasteiger partial charge in [-0.3, -0.25) is 4.40 Å². The highest BCUT2D eigenvalue weighted by molar-refractivity contribution is 5.66. The van der Waals surface area contributed by atoms with E-state index in [1.807, 2.05) is 39.4 Å². The van der Waals surface area contributed by atoms with Gasteiger partial charge in [-0.05, 0) is 18.2 Å². The maximum atomic E-state index is 5.23. The van der Waals surface area contributed by atoms with Gasteiger partial charge in [0, 0.05) is 12.4 Å². The van der Waals surface area contributed by atoms with Gasteiger partial charge < -0.3 is 4.74 Å². The Bertz CT molecular complexity index is 908. The maximum Gasteiger partial charge on any atom is 0.258 e. The summed E-state index contributed by atoms with van der Waals surface area (Å²) in [5.41, 5.74) is 3.64. The van der Waals surface area contributed by atoms with E-state index in [0.29, 0.717) is 11.5 Å². The molecule has 4 heterocycles. The second-order valence-corrected chi connectivity index (χ2v) is 4.35. The Kier molecular flexibility index (Phi) is 2.23. The van der Waals surface area contributed by atoms with Gasteiger partial charge >= 0.3 is 0 Å². The molecule has 0 aliphatic carbocycles. The third-order valence-corrected chi connectivity index (χ3v) is 3.27. The Morgan fingerprint density at radius 3 is 2.90 bits per heavy atom. The van der Waals surface area contributed by atoms with Crippen LogP contribution in [0.15, 0.2) is 49.1 Å². The number of nitrogens with zero attached hydrogens (tertiary/aromatic N) is 5. The molecule has 0 N–H and O–H groups in total. The second kappa shape index (κ2) is 4.06. The topological polar surface area (TPSA) is 56.7 Å². The molecular weight excluding hydrogens is 254 g/mol. The van der Waals surface area contributed by atoms with Gasteiger partial charge in [-0.15, -0.1) is 0 Å². The number of imidazole rings is 1. The molecule has 0 radical (unpaired) electrons. The number of pyridine rings is 1. The SMILES string of the molecule is COc1nccn2c(-c3cccc4ccnn34)cnc12. The summed E-state index contributed by atoms with van der Waals surface area (Å²) in [4.78, 5) is 8.55. The summed E-state index contributed by atoms with van der Waals surface area (Å²) >= 11 is 0. The molecule has 0 saturated carbocycles. The normalized spacial score (nSPS) is 11.2. The summed E-state index contributed by atoms with van der Waals surface area (Å²) in [6, 6.07) is 8.00. The number of hydrogen-bond donors (Lipinski definition) is 0. The van der Waals surface area contributed by atoms with Gasteiger partial charge in [0.2, 0.25) is 5.65 Å². The zero-order valence-electron chi connectivity index (χ0n) is 10.8. The lowest BCUT2D eigenvalue weighted by atomic mass is 10.2. The monoisotopic (exact) mass is 265 g/mol. The summed E-state index contributed by atoms with van der Waals surface area (Å²) in [5.74, 6) is 0.506. The van der Waals surface area contributed by atoms with E-state index in [1.54, 1.807) is 25.7 Å². The van der Waals surface area contributed by atoms with Crippen molar-refractivity contribution < 1.29 is 4.74 Å². The molecule has 0 unspecified atom stereocenters. The summed E-state index contributed by atoms with van der Waals surface area (Å²) in [7, 11) is 1.59. The molecule has 98 valence electrons. The minimum absolute atomic E-state index is 0.506. The molecule has 0 aliphatic heterocycles. The highest BCUT2D eigenvalue weighted by Gasteiger charge is 2.12. The standard InChI is InChI=1S/C14H11N5O/c1-20-14-13-16-9-12(18(13)8-7-15-14)11-4-2-3-10-5-6-17-19(10)11/h2-9H,1H3. The quantitative estimate of drug-likeness (QED) is 0.556. The largest absolute Gasteiger partial charge is 0.478 e. The molecular formula is C14H11N5O. The highest BCUT2D eigenvalue weighted by Crippen LogP contribution is 2.24. The van der Waals surface area contributed by atoms with Crippen molar-refractivity contribution in [2.75, 3.05) is 7.11 Å². The number of hydrogen-bond acceptors (Lipinski definition) is 4. The van der Waals surface area contributed by atoms with Crippen molar-refractivity contribution in [3.8, 4) is 17.3 Å². The van der Waals surface area contributed by atoms with E-state index < -0.39 is 0 Å². The number of methoxy groups -OCH3 is 1. The molecule has 0 atom stereocenters. The molecule has 0 spiro atoms. The van der Waals surface area contributed by atoms with Gasteiger partial charge in [-0.25, -0.2) is 14.5 Å². The van der Waals surface area contributed by atoms with Crippen LogP contribution in [0.25, 0.3) is 22.6 Å². The fourth-order valence-electron chi connectivity index (χ4n) is 2.37. The van der Waals surface area contributed by atoms with E-state index in [0.717, 1.165) is 16.9 Å². The van der Waals surface area contributed by atoms with E-state index in [1.165, 1.54) is 0 Å². The molecule has 0 aliphatic rings. The van der Waals surface area contributed by atoms with Crippen molar-refractivity contribution in [3.05, 3.63) is 49.1 Å². The van der Waals surface area contributed by atoms with Crippen LogP contribution < -0.4 is 4.74 Å². The van der Waals surface area contributed by atoms with E-state index in [4.69, 9.17) is 4.74 Å². The molecule has 0 bridgehead atoms. The first-order valence-corrected chi connectivity index (χ1v) is 6.17. The van der Waals surface area contributed by atoms with Gasteiger partial charge in [-0.2, -0.15) is 5.10 Å². The van der Waals surface area contributed by atoms with E-state index in [2.05, 4.69) is 15.1 Å². The number of fused-ring (bicyclic) bond motifs is 2. The Labute approximate surface area is 114 Å². The van der Waals surface area contributed by atoms with Crippen LogP contribution in [-0.4, -0.2) is 31.1 Å². The van der Waals surface area contributed by atoms with Crippen LogP contribution in [0.3, 0.4) is 0 Å². The van der Waals surface area contributed by atoms with Crippen LogP contribution in [0.4, 0.5) is 0 Å². The van der Waals surface area contributed by atoms with Gasteiger partial charge in [0.1, 0.15) is 0 Å². The molecule has 6 heteroatoms. The minimum Gasteiger partial charge on any atom is -0.478 e. The lowest BCUT2D eigenvalue weighted by Gasteiger charge is -2.05. The first-order chi connectivity index (χ1) is 9.88. The summed E-state index contributed by atoms with van der Waals surface area (Å²) in [6.45, 7) is 0. The molecule has 20 heavy (non-hydrogen) atoms. The number of aromatic nitrogens is 5. The average Bonchev–Trinajstić information content (AvgIpc) is 3.12. The first kappa shape index (κ1) is 11.0. The molecule has 0 amide bonds. The first-order valence-electron chi connectivity index (χ1n) is 6.17. The molecule has 6 nitrogen and oxygen atoms in total. The fraction of sp³-hybridized carbons (Fsp3) is 0.0714. The smallest absolute Gasteiger partial charge is 0.258 e. The highest BCUT2D eigenvalue weighted by atomic mass is 16.5. The maximum absolute atomic E-state index is 5.23. The lowest BCUT2D eigenvalue weighted by Crippen LogP contribution is -1.98. The van der Waals surface area contributed by atoms with Crippen LogP contribution >= 0.6 is 0 Å². The van der Waals surface area contributed by atoms with Gasteiger partial charge in [0.25, 0.3) is 5.88 Å². The minimum atomic E-state index is 0.506. The summed E-state index contributed by atoms with van der Waals surface area (Å²) in [6.07, 6.45) is 7.14. The predicted octanol–water partition coefficient (Wildman–Crippen LogP) is 2.05. The Balaban J connectivity index is 2.06. The van der Waals surface area contributed by atoms with Crippen LogP contribution in [0, 0.1) is 0 Å². The molecule has 4 aromatic heterocycles. The zero-order chi connectivity index (χ0) is 13.5. The van der Waals surface area contributed by atoms with Crippen LogP contribution in [-0.2, 0) is 0 Å². The molecule has 4 aromatic rings.